The van der Waals surface area contributed by atoms with Crippen LogP contribution in [0, 0.1) is 0 Å². The molecule has 2 nitrogen and oxygen atoms in total. The summed E-state index contributed by atoms with van der Waals surface area (Å²) < 4.78 is 46.8. The van der Waals surface area contributed by atoms with E-state index in [1.54, 1.807) is 0 Å². The predicted octanol–water partition coefficient (Wildman–Crippen LogP) is 2.35. The molecular formula is C8H14F2O2S. The van der Waals surface area contributed by atoms with Crippen molar-refractivity contribution < 1.29 is 16.7 Å². The van der Waals surface area contributed by atoms with Crippen LogP contribution in [0.25, 0.3) is 0 Å². The van der Waals surface area contributed by atoms with Crippen LogP contribution in [0.4, 0.5) is 8.28 Å². The van der Waals surface area contributed by atoms with Gasteiger partial charge in [0.15, 0.2) is 0 Å². The van der Waals surface area contributed by atoms with E-state index in [1.807, 2.05) is 0 Å². The zero-order chi connectivity index (χ0) is 9.90. The van der Waals surface area contributed by atoms with Gasteiger partial charge in [0.2, 0.25) is 0 Å². The van der Waals surface area contributed by atoms with Crippen molar-refractivity contribution in [3.63, 3.8) is 0 Å². The van der Waals surface area contributed by atoms with E-state index in [1.165, 1.54) is 0 Å². The van der Waals surface area contributed by atoms with Crippen LogP contribution < -0.4 is 0 Å². The Morgan fingerprint density at radius 1 is 1.00 bits per heavy atom. The lowest BCUT2D eigenvalue weighted by Gasteiger charge is -2.19. The molecule has 1 fully saturated rings. The van der Waals surface area contributed by atoms with Gasteiger partial charge < -0.3 is 0 Å². The lowest BCUT2D eigenvalue weighted by molar-refractivity contribution is 0.265. The summed E-state index contributed by atoms with van der Waals surface area (Å²) in [6.07, 6.45) is 1.84. The highest BCUT2D eigenvalue weighted by Gasteiger charge is 2.33. The van der Waals surface area contributed by atoms with E-state index in [4.69, 9.17) is 0 Å². The van der Waals surface area contributed by atoms with Gasteiger partial charge in [0.1, 0.15) is 11.4 Å². The third-order valence-corrected chi connectivity index (χ3v) is 3.74. The number of rotatable bonds is 1. The maximum absolute atomic E-state index is 13.2. The molecule has 1 aliphatic rings. The molecule has 0 spiro atoms. The summed E-state index contributed by atoms with van der Waals surface area (Å²) in [5.74, 6) is 0. The maximum Gasteiger partial charge on any atom is 0.308 e. The largest absolute Gasteiger partial charge is 0.308 e. The Morgan fingerprint density at radius 2 is 1.54 bits per heavy atom. The van der Waals surface area contributed by atoms with Crippen LogP contribution in [0.2, 0.25) is 0 Å². The van der Waals surface area contributed by atoms with Crippen molar-refractivity contribution in [2.45, 2.75) is 49.9 Å². The van der Waals surface area contributed by atoms with E-state index in [2.05, 4.69) is 0 Å². The van der Waals surface area contributed by atoms with Crippen LogP contribution in [0.15, 0.2) is 0 Å². The fourth-order valence-corrected chi connectivity index (χ4v) is 2.66. The molecule has 0 bridgehead atoms. The quantitative estimate of drug-likeness (QED) is 0.625. The second kappa shape index (κ2) is 4.35. The Bertz CT molecular complexity index is 251. The van der Waals surface area contributed by atoms with Crippen molar-refractivity contribution in [3.8, 4) is 0 Å². The second-order valence-corrected chi connectivity index (χ2v) is 5.08. The molecule has 78 valence electrons. The number of hydrogen-bond acceptors (Lipinski definition) is 2. The van der Waals surface area contributed by atoms with Crippen LogP contribution in [0.1, 0.15) is 38.5 Å². The molecule has 0 aromatic rings. The first kappa shape index (κ1) is 10.9. The van der Waals surface area contributed by atoms with E-state index in [0.29, 0.717) is 12.8 Å². The van der Waals surface area contributed by atoms with E-state index in [0.717, 1.165) is 12.8 Å². The summed E-state index contributed by atoms with van der Waals surface area (Å²) in [4.78, 5) is 0. The molecule has 1 rings (SSSR count). The first-order chi connectivity index (χ1) is 6.02. The molecule has 13 heavy (non-hydrogen) atoms. The van der Waals surface area contributed by atoms with Gasteiger partial charge in [-0.05, 0) is 12.8 Å². The van der Waals surface area contributed by atoms with Gasteiger partial charge in [-0.2, -0.15) is 8.42 Å². The monoisotopic (exact) mass is 212 g/mol. The first-order valence-electron chi connectivity index (χ1n) is 4.59. The Hall–Kier alpha value is -0.190. The maximum atomic E-state index is 13.2. The summed E-state index contributed by atoms with van der Waals surface area (Å²) in [5.41, 5.74) is 0. The van der Waals surface area contributed by atoms with Gasteiger partial charge in [-0.25, -0.2) is 4.39 Å². The van der Waals surface area contributed by atoms with Gasteiger partial charge in [0.25, 0.3) is 0 Å². The molecule has 0 amide bonds. The minimum absolute atomic E-state index is 0.125. The van der Waals surface area contributed by atoms with Gasteiger partial charge in [-0.15, -0.1) is 3.89 Å². The van der Waals surface area contributed by atoms with Crippen LogP contribution in [0.3, 0.4) is 0 Å². The van der Waals surface area contributed by atoms with E-state index < -0.39 is 21.6 Å². The van der Waals surface area contributed by atoms with Gasteiger partial charge in [0, 0.05) is 0 Å². The van der Waals surface area contributed by atoms with Crippen LogP contribution in [-0.4, -0.2) is 19.8 Å². The van der Waals surface area contributed by atoms with Crippen molar-refractivity contribution in [2.75, 3.05) is 0 Å². The summed E-state index contributed by atoms with van der Waals surface area (Å²) in [5, 5.41) is -1.41. The molecule has 2 atom stereocenters. The molecule has 2 unspecified atom stereocenters. The zero-order valence-electron chi connectivity index (χ0n) is 7.38. The highest BCUT2D eigenvalue weighted by Crippen LogP contribution is 2.25. The fraction of sp³-hybridized carbons (Fsp3) is 1.00. The third-order valence-electron chi connectivity index (χ3n) is 2.48. The molecular weight excluding hydrogens is 198 g/mol. The molecule has 5 heteroatoms. The molecule has 0 radical (unpaired) electrons. The van der Waals surface area contributed by atoms with Gasteiger partial charge in [-0.1, -0.05) is 25.7 Å². The fourth-order valence-electron chi connectivity index (χ4n) is 1.72. The number of hydrogen-bond donors (Lipinski definition) is 0. The summed E-state index contributed by atoms with van der Waals surface area (Å²) >= 11 is 0. The lowest BCUT2D eigenvalue weighted by Crippen LogP contribution is -2.29. The predicted molar refractivity (Wildman–Crippen MR) is 46.4 cm³/mol. The molecule has 0 aromatic carbocycles. The zero-order valence-corrected chi connectivity index (χ0v) is 8.19. The normalized spacial score (nSPS) is 32.2. The van der Waals surface area contributed by atoms with Gasteiger partial charge >= 0.3 is 10.2 Å². The average molecular weight is 212 g/mol. The second-order valence-electron chi connectivity index (χ2n) is 3.52. The summed E-state index contributed by atoms with van der Waals surface area (Å²) in [6, 6.07) is 0. The molecule has 1 aliphatic carbocycles. The van der Waals surface area contributed by atoms with E-state index >= 15 is 0 Å². The highest BCUT2D eigenvalue weighted by atomic mass is 32.3. The van der Waals surface area contributed by atoms with Gasteiger partial charge in [-0.3, -0.25) is 0 Å². The van der Waals surface area contributed by atoms with Gasteiger partial charge in [0.05, 0.1) is 0 Å². The van der Waals surface area contributed by atoms with Crippen molar-refractivity contribution in [2.24, 2.45) is 0 Å². The van der Waals surface area contributed by atoms with Crippen molar-refractivity contribution >= 4 is 10.2 Å². The number of halogens is 2. The minimum atomic E-state index is -4.69. The van der Waals surface area contributed by atoms with Crippen molar-refractivity contribution in [1.82, 2.24) is 0 Å². The summed E-state index contributed by atoms with van der Waals surface area (Å²) in [7, 11) is -4.69. The van der Waals surface area contributed by atoms with Crippen molar-refractivity contribution in [3.05, 3.63) is 0 Å². The number of alkyl halides is 1. The smallest absolute Gasteiger partial charge is 0.246 e. The molecule has 0 aromatic heterocycles. The Morgan fingerprint density at radius 3 is 2.08 bits per heavy atom. The standard InChI is InChI=1S/C8H14F2O2S/c9-7-5-3-1-2-4-6-8(7)13(10,11)12/h7-8H,1-6H2. The third kappa shape index (κ3) is 3.21. The minimum Gasteiger partial charge on any atom is -0.246 e. The van der Waals surface area contributed by atoms with Crippen LogP contribution >= 0.6 is 0 Å². The summed E-state index contributed by atoms with van der Waals surface area (Å²) in [6.45, 7) is 0. The average Bonchev–Trinajstić information content (AvgIpc) is 1.94. The Labute approximate surface area is 77.5 Å². The molecule has 1 saturated carbocycles. The van der Waals surface area contributed by atoms with Crippen LogP contribution in [-0.2, 0) is 10.2 Å². The van der Waals surface area contributed by atoms with Crippen molar-refractivity contribution in [1.29, 1.82) is 0 Å². The molecule has 0 saturated heterocycles. The lowest BCUT2D eigenvalue weighted by atomic mass is 9.99. The molecule has 0 N–H and O–H groups in total. The van der Waals surface area contributed by atoms with E-state index in [-0.39, 0.29) is 12.8 Å². The van der Waals surface area contributed by atoms with Crippen LogP contribution in [0.5, 0.6) is 0 Å². The Kier molecular flexibility index (Phi) is 3.64. The molecule has 0 aliphatic heterocycles. The molecule has 0 heterocycles. The first-order valence-corrected chi connectivity index (χ1v) is 6.04. The topological polar surface area (TPSA) is 34.1 Å². The SMILES string of the molecule is O=S(=O)(F)C1CCCCCCC1F. The Balaban J connectivity index is 2.67. The highest BCUT2D eigenvalue weighted by molar-refractivity contribution is 7.87. The van der Waals surface area contributed by atoms with E-state index in [9.17, 15) is 16.7 Å².